The Hall–Kier alpha value is -2.25. The molecule has 3 rings (SSSR count). The Kier molecular flexibility index (Phi) is 4.62. The van der Waals surface area contributed by atoms with E-state index in [9.17, 15) is 4.55 Å². The lowest BCUT2D eigenvalue weighted by atomic mass is 10.1. The third-order valence-corrected chi connectivity index (χ3v) is 5.82. The zero-order chi connectivity index (χ0) is 18.2. The van der Waals surface area contributed by atoms with Crippen LogP contribution in [0, 0.1) is 20.1 Å². The zero-order valence-electron chi connectivity index (χ0n) is 14.8. The quantitative estimate of drug-likeness (QED) is 0.712. The number of methoxy groups -OCH3 is 2. The fraction of sp³-hybridized carbons (Fsp3) is 0.278. The molecule has 0 amide bonds. The smallest absolute Gasteiger partial charge is 0.171 e. The molecule has 2 aromatic heterocycles. The minimum atomic E-state index is -2.43. The van der Waals surface area contributed by atoms with E-state index < -0.39 is 10.3 Å². The predicted molar refractivity (Wildman–Crippen MR) is 100 cm³/mol. The molecule has 0 bridgehead atoms. The topological polar surface area (TPSA) is 80.3 Å². The van der Waals surface area contributed by atoms with Crippen LogP contribution >= 0.6 is 10.3 Å². The molecule has 2 heterocycles. The Bertz CT molecular complexity index is 921. The van der Waals surface area contributed by atoms with Gasteiger partial charge in [0, 0.05) is 35.4 Å². The van der Waals surface area contributed by atoms with E-state index >= 15 is 0 Å². The number of aryl methyl sites for hydroxylation is 1. The molecule has 0 spiro atoms. The molecule has 0 aliphatic carbocycles. The van der Waals surface area contributed by atoms with Crippen molar-refractivity contribution in [2.24, 2.45) is 0 Å². The van der Waals surface area contributed by atoms with E-state index in [1.165, 1.54) is 0 Å². The minimum absolute atomic E-state index is 0.298. The van der Waals surface area contributed by atoms with Crippen molar-refractivity contribution >= 4 is 21.3 Å². The summed E-state index contributed by atoms with van der Waals surface area (Å²) in [4.78, 5) is 12.1. The second-order valence-electron chi connectivity index (χ2n) is 5.96. The fourth-order valence-corrected chi connectivity index (χ4v) is 4.23. The van der Waals surface area contributed by atoms with E-state index in [1.54, 1.807) is 20.4 Å². The first kappa shape index (κ1) is 17.6. The number of ether oxygens (including phenoxy) is 2. The predicted octanol–water partition coefficient (Wildman–Crippen LogP) is 4.22. The van der Waals surface area contributed by atoms with E-state index in [0.29, 0.717) is 10.9 Å². The van der Waals surface area contributed by atoms with E-state index in [0.717, 1.165) is 39.4 Å². The largest absolute Gasteiger partial charge is 0.497 e. The van der Waals surface area contributed by atoms with E-state index in [2.05, 4.69) is 21.2 Å². The second-order valence-corrected chi connectivity index (χ2v) is 8.32. The van der Waals surface area contributed by atoms with Crippen molar-refractivity contribution in [3.8, 4) is 11.5 Å². The van der Waals surface area contributed by atoms with Gasteiger partial charge >= 0.3 is 0 Å². The highest BCUT2D eigenvalue weighted by atomic mass is 32.3. The molecule has 1 atom stereocenters. The molecule has 133 valence electrons. The minimum Gasteiger partial charge on any atom is -0.497 e. The van der Waals surface area contributed by atoms with Gasteiger partial charge in [0.25, 0.3) is 0 Å². The summed E-state index contributed by atoms with van der Waals surface area (Å²) in [5.74, 6) is 1.81. The molecule has 0 aliphatic heterocycles. The van der Waals surface area contributed by atoms with Crippen LogP contribution in [0.2, 0.25) is 0 Å². The molecule has 0 fully saturated rings. The number of hydrogen-bond acceptors (Lipinski definition) is 5. The lowest BCUT2D eigenvalue weighted by molar-refractivity contribution is 0.407. The lowest BCUT2D eigenvalue weighted by Gasteiger charge is -2.27. The Morgan fingerprint density at radius 2 is 2.00 bits per heavy atom. The number of fused-ring (bicyclic) bond motifs is 1. The summed E-state index contributed by atoms with van der Waals surface area (Å²) in [5.41, 5.74) is 4.19. The van der Waals surface area contributed by atoms with Crippen LogP contribution in [-0.4, -0.2) is 33.7 Å². The Morgan fingerprint density at radius 3 is 2.68 bits per heavy atom. The molecule has 2 N–H and O–H groups in total. The Morgan fingerprint density at radius 1 is 1.24 bits per heavy atom. The van der Waals surface area contributed by atoms with Gasteiger partial charge in [-0.05, 0) is 26.0 Å². The number of rotatable bonds is 5. The molecular formula is C18H22N3O3S. The standard InChI is InChI=1S/C18H22N3O3S/c1-11-9-19-16(12(2)17(11)24-4)10-25(5,22)18-20-14-7-6-13(23-3)8-15(14)21-18/h6-9,22H,5,10H2,1-4H3,(H,20,21). The number of pyridine rings is 1. The normalized spacial score (nSPS) is 15.0. The van der Waals surface area contributed by atoms with Crippen LogP contribution < -0.4 is 9.47 Å². The number of nitrogens with one attached hydrogen (secondary N) is 1. The number of imidazole rings is 1. The summed E-state index contributed by atoms with van der Waals surface area (Å²) >= 11 is 0. The number of H-pyrrole nitrogens is 1. The first-order valence-corrected chi connectivity index (χ1v) is 9.68. The third kappa shape index (κ3) is 3.29. The lowest BCUT2D eigenvalue weighted by Crippen LogP contribution is -2.06. The Balaban J connectivity index is 1.97. The van der Waals surface area contributed by atoms with Crippen LogP contribution in [-0.2, 0) is 5.75 Å². The van der Waals surface area contributed by atoms with Gasteiger partial charge in [-0.3, -0.25) is 4.98 Å². The van der Waals surface area contributed by atoms with Gasteiger partial charge in [0.05, 0.1) is 30.9 Å². The number of aromatic nitrogens is 3. The maximum atomic E-state index is 11.0. The van der Waals surface area contributed by atoms with E-state index in [-0.39, 0.29) is 0 Å². The van der Waals surface area contributed by atoms with Gasteiger partial charge < -0.3 is 19.0 Å². The molecule has 7 heteroatoms. The second kappa shape index (κ2) is 6.57. The summed E-state index contributed by atoms with van der Waals surface area (Å²) in [6.45, 7) is 3.88. The molecule has 1 radical (unpaired) electrons. The highest BCUT2D eigenvalue weighted by Crippen LogP contribution is 2.52. The van der Waals surface area contributed by atoms with Gasteiger partial charge in [-0.2, -0.15) is 0 Å². The first-order valence-electron chi connectivity index (χ1n) is 7.75. The first-order chi connectivity index (χ1) is 11.9. The molecule has 6 nitrogen and oxygen atoms in total. The number of nitrogens with zero attached hydrogens (tertiary/aromatic N) is 2. The van der Waals surface area contributed by atoms with Crippen LogP contribution in [0.25, 0.3) is 11.0 Å². The monoisotopic (exact) mass is 360 g/mol. The fourth-order valence-electron chi connectivity index (χ4n) is 2.78. The third-order valence-electron chi connectivity index (χ3n) is 4.15. The van der Waals surface area contributed by atoms with Gasteiger partial charge in [0.15, 0.2) is 5.16 Å². The average Bonchev–Trinajstić information content (AvgIpc) is 3.02. The van der Waals surface area contributed by atoms with Gasteiger partial charge in [0.2, 0.25) is 0 Å². The van der Waals surface area contributed by atoms with E-state index in [4.69, 9.17) is 9.47 Å². The van der Waals surface area contributed by atoms with Gasteiger partial charge in [-0.25, -0.2) is 4.98 Å². The van der Waals surface area contributed by atoms with Crippen molar-refractivity contribution in [2.45, 2.75) is 24.8 Å². The van der Waals surface area contributed by atoms with Crippen LogP contribution in [0.5, 0.6) is 11.5 Å². The average molecular weight is 360 g/mol. The van der Waals surface area contributed by atoms with Crippen molar-refractivity contribution < 1.29 is 14.0 Å². The van der Waals surface area contributed by atoms with Crippen molar-refractivity contribution in [2.75, 3.05) is 14.2 Å². The molecule has 3 aromatic rings. The number of benzene rings is 1. The van der Waals surface area contributed by atoms with Crippen LogP contribution in [0.1, 0.15) is 16.8 Å². The summed E-state index contributed by atoms with van der Waals surface area (Å²) in [7, 11) is 0.815. The maximum Gasteiger partial charge on any atom is 0.171 e. The summed E-state index contributed by atoms with van der Waals surface area (Å²) in [6, 6.07) is 5.53. The molecular weight excluding hydrogens is 338 g/mol. The van der Waals surface area contributed by atoms with Crippen molar-refractivity contribution in [3.63, 3.8) is 0 Å². The Labute approximate surface area is 148 Å². The summed E-state index contributed by atoms with van der Waals surface area (Å²) < 4.78 is 21.7. The number of hydrogen-bond donors (Lipinski definition) is 2. The van der Waals surface area contributed by atoms with Crippen molar-refractivity contribution in [1.29, 1.82) is 0 Å². The van der Waals surface area contributed by atoms with Crippen LogP contribution in [0.15, 0.2) is 29.6 Å². The summed E-state index contributed by atoms with van der Waals surface area (Å²) in [6.07, 6.45) is 5.78. The molecule has 0 saturated carbocycles. The highest BCUT2D eigenvalue weighted by molar-refractivity contribution is 8.29. The van der Waals surface area contributed by atoms with Gasteiger partial charge in [0.1, 0.15) is 11.5 Å². The van der Waals surface area contributed by atoms with E-state index in [1.807, 2.05) is 32.0 Å². The maximum absolute atomic E-state index is 11.0. The zero-order valence-corrected chi connectivity index (χ0v) is 15.6. The molecule has 1 aromatic carbocycles. The van der Waals surface area contributed by atoms with Gasteiger partial charge in [-0.15, -0.1) is 0 Å². The van der Waals surface area contributed by atoms with Crippen molar-refractivity contribution in [1.82, 2.24) is 15.0 Å². The molecule has 0 aliphatic rings. The highest BCUT2D eigenvalue weighted by Gasteiger charge is 2.25. The van der Waals surface area contributed by atoms with Gasteiger partial charge in [-0.1, -0.05) is 10.3 Å². The SMILES string of the molecule is [CH2]S(O)(Cc1ncc(C)c(OC)c1C)c1nc2ccc(OC)cc2[nH]1. The molecule has 0 saturated heterocycles. The summed E-state index contributed by atoms with van der Waals surface area (Å²) in [5, 5.41) is 0.469. The molecule has 25 heavy (non-hydrogen) atoms. The van der Waals surface area contributed by atoms with Crippen LogP contribution in [0.4, 0.5) is 0 Å². The number of aromatic amines is 1. The van der Waals surface area contributed by atoms with Crippen molar-refractivity contribution in [3.05, 3.63) is 47.5 Å². The van der Waals surface area contributed by atoms with Crippen LogP contribution in [0.3, 0.4) is 0 Å². The molecule has 1 unspecified atom stereocenters.